The molecule has 0 saturated carbocycles. The van der Waals surface area contributed by atoms with Gasteiger partial charge in [0.25, 0.3) is 0 Å². The van der Waals surface area contributed by atoms with Crippen molar-refractivity contribution >= 4 is 0 Å². The third-order valence-corrected chi connectivity index (χ3v) is 2.14. The maximum absolute atomic E-state index is 8.54. The second-order valence-corrected chi connectivity index (χ2v) is 5.19. The average molecular weight is 247 g/mol. The smallest absolute Gasteiger partial charge is 0.0488 e. The number of hydrogen-bond donors (Lipinski definition) is 2. The summed E-state index contributed by atoms with van der Waals surface area (Å²) in [5.74, 6) is 0. The number of hydrogen-bond acceptors (Lipinski definition) is 4. The summed E-state index contributed by atoms with van der Waals surface area (Å²) in [6, 6.07) is 0. The van der Waals surface area contributed by atoms with Crippen LogP contribution in [-0.4, -0.2) is 50.2 Å². The maximum Gasteiger partial charge on any atom is 0.0488 e. The van der Waals surface area contributed by atoms with Crippen LogP contribution in [0.2, 0.25) is 0 Å². The minimum absolute atomic E-state index is 0.195. The second kappa shape index (κ2) is 11.0. The highest BCUT2D eigenvalue weighted by Crippen LogP contribution is 1.98. The predicted molar refractivity (Wildman–Crippen MR) is 70.3 cm³/mol. The van der Waals surface area contributed by atoms with Crippen molar-refractivity contribution in [3.05, 3.63) is 0 Å². The predicted octanol–water partition coefficient (Wildman–Crippen LogP) is 1.57. The Morgan fingerprint density at radius 3 is 1.94 bits per heavy atom. The highest BCUT2D eigenvalue weighted by Gasteiger charge is 2.06. The Bertz CT molecular complexity index is 157. The Balaban J connectivity index is 2.99. The first-order valence-corrected chi connectivity index (χ1v) is 6.57. The average Bonchev–Trinajstić information content (AvgIpc) is 2.24. The van der Waals surface area contributed by atoms with Crippen LogP contribution in [0.5, 0.6) is 0 Å². The van der Waals surface area contributed by atoms with E-state index in [-0.39, 0.29) is 12.1 Å². The number of aliphatic hydroxyl groups excluding tert-OH is 1. The number of aliphatic hydroxyl groups is 1. The molecule has 0 aromatic rings. The fourth-order valence-electron chi connectivity index (χ4n) is 1.27. The van der Waals surface area contributed by atoms with Gasteiger partial charge < -0.3 is 19.9 Å². The normalized spacial score (nSPS) is 12.0. The SMILES string of the molecule is CC(C)(C)NCCCOCCCOCCCO. The van der Waals surface area contributed by atoms with Crippen molar-refractivity contribution < 1.29 is 14.6 Å². The van der Waals surface area contributed by atoms with Crippen LogP contribution in [0, 0.1) is 0 Å². The number of nitrogens with one attached hydrogen (secondary N) is 1. The van der Waals surface area contributed by atoms with Gasteiger partial charge in [-0.25, -0.2) is 0 Å². The van der Waals surface area contributed by atoms with Gasteiger partial charge in [-0.1, -0.05) is 0 Å². The fourth-order valence-corrected chi connectivity index (χ4v) is 1.27. The van der Waals surface area contributed by atoms with E-state index in [1.165, 1.54) is 0 Å². The van der Waals surface area contributed by atoms with E-state index < -0.39 is 0 Å². The molecule has 0 heterocycles. The molecule has 0 rings (SSSR count). The molecule has 0 aromatic carbocycles. The molecule has 4 heteroatoms. The summed E-state index contributed by atoms with van der Waals surface area (Å²) in [7, 11) is 0. The van der Waals surface area contributed by atoms with Crippen LogP contribution < -0.4 is 5.32 Å². The molecular weight excluding hydrogens is 218 g/mol. The quantitative estimate of drug-likeness (QED) is 0.544. The van der Waals surface area contributed by atoms with Gasteiger partial charge in [-0.05, 0) is 46.6 Å². The third kappa shape index (κ3) is 15.8. The van der Waals surface area contributed by atoms with Crippen molar-refractivity contribution in [1.82, 2.24) is 5.32 Å². The van der Waals surface area contributed by atoms with Gasteiger partial charge in [-0.3, -0.25) is 0 Å². The summed E-state index contributed by atoms with van der Waals surface area (Å²) in [5, 5.41) is 12.0. The number of rotatable bonds is 11. The molecule has 0 bridgehead atoms. The van der Waals surface area contributed by atoms with Gasteiger partial charge in [-0.15, -0.1) is 0 Å². The van der Waals surface area contributed by atoms with Crippen molar-refractivity contribution in [2.45, 2.75) is 45.6 Å². The van der Waals surface area contributed by atoms with Crippen LogP contribution in [0.25, 0.3) is 0 Å². The Labute approximate surface area is 106 Å². The van der Waals surface area contributed by atoms with Crippen LogP contribution in [0.4, 0.5) is 0 Å². The lowest BCUT2D eigenvalue weighted by atomic mass is 10.1. The van der Waals surface area contributed by atoms with Gasteiger partial charge in [0.05, 0.1) is 0 Å². The van der Waals surface area contributed by atoms with Crippen molar-refractivity contribution in [3.63, 3.8) is 0 Å². The summed E-state index contributed by atoms with van der Waals surface area (Å²) in [6.45, 7) is 10.6. The van der Waals surface area contributed by atoms with Gasteiger partial charge in [0, 0.05) is 38.6 Å². The lowest BCUT2D eigenvalue weighted by molar-refractivity contribution is 0.0751. The topological polar surface area (TPSA) is 50.7 Å². The summed E-state index contributed by atoms with van der Waals surface area (Å²) in [6.07, 6.45) is 2.69. The van der Waals surface area contributed by atoms with Crippen molar-refractivity contribution in [2.24, 2.45) is 0 Å². The van der Waals surface area contributed by atoms with Crippen LogP contribution in [-0.2, 0) is 9.47 Å². The maximum atomic E-state index is 8.54. The van der Waals surface area contributed by atoms with E-state index in [2.05, 4.69) is 26.1 Å². The van der Waals surface area contributed by atoms with Crippen LogP contribution in [0.1, 0.15) is 40.0 Å². The van der Waals surface area contributed by atoms with E-state index in [0.29, 0.717) is 6.61 Å². The molecule has 0 spiro atoms. The molecule has 0 fully saturated rings. The molecule has 0 atom stereocenters. The molecule has 0 saturated heterocycles. The molecule has 0 aliphatic rings. The summed E-state index contributed by atoms with van der Waals surface area (Å²) >= 11 is 0. The van der Waals surface area contributed by atoms with Crippen LogP contribution in [0.15, 0.2) is 0 Å². The van der Waals surface area contributed by atoms with Gasteiger partial charge >= 0.3 is 0 Å². The minimum atomic E-state index is 0.195. The first-order chi connectivity index (χ1) is 8.06. The van der Waals surface area contributed by atoms with E-state index in [1.807, 2.05) is 0 Å². The molecule has 0 radical (unpaired) electrons. The molecule has 0 unspecified atom stereocenters. The molecule has 104 valence electrons. The first-order valence-electron chi connectivity index (χ1n) is 6.57. The molecule has 0 aromatic heterocycles. The van der Waals surface area contributed by atoms with E-state index in [9.17, 15) is 0 Å². The van der Waals surface area contributed by atoms with Gasteiger partial charge in [-0.2, -0.15) is 0 Å². The van der Waals surface area contributed by atoms with Gasteiger partial charge in [0.15, 0.2) is 0 Å². The van der Waals surface area contributed by atoms with E-state index in [1.54, 1.807) is 0 Å². The van der Waals surface area contributed by atoms with Crippen molar-refractivity contribution in [1.29, 1.82) is 0 Å². The molecule has 0 aliphatic carbocycles. The van der Waals surface area contributed by atoms with E-state index in [4.69, 9.17) is 14.6 Å². The fraction of sp³-hybridized carbons (Fsp3) is 1.00. The summed E-state index contributed by atoms with van der Waals surface area (Å²) < 4.78 is 10.8. The Morgan fingerprint density at radius 1 is 0.882 bits per heavy atom. The van der Waals surface area contributed by atoms with E-state index in [0.717, 1.165) is 45.6 Å². The third-order valence-electron chi connectivity index (χ3n) is 2.14. The largest absolute Gasteiger partial charge is 0.396 e. The second-order valence-electron chi connectivity index (χ2n) is 5.19. The van der Waals surface area contributed by atoms with Crippen molar-refractivity contribution in [3.8, 4) is 0 Å². The zero-order valence-corrected chi connectivity index (χ0v) is 11.6. The van der Waals surface area contributed by atoms with Crippen molar-refractivity contribution in [2.75, 3.05) is 39.6 Å². The molecule has 2 N–H and O–H groups in total. The minimum Gasteiger partial charge on any atom is -0.396 e. The zero-order valence-electron chi connectivity index (χ0n) is 11.6. The molecule has 17 heavy (non-hydrogen) atoms. The molecule has 0 aliphatic heterocycles. The zero-order chi connectivity index (χ0) is 13.0. The Hall–Kier alpha value is -0.160. The van der Waals surface area contributed by atoms with Crippen LogP contribution >= 0.6 is 0 Å². The monoisotopic (exact) mass is 247 g/mol. The molecule has 4 nitrogen and oxygen atoms in total. The Morgan fingerprint density at radius 2 is 1.41 bits per heavy atom. The van der Waals surface area contributed by atoms with E-state index >= 15 is 0 Å². The first kappa shape index (κ1) is 16.8. The lowest BCUT2D eigenvalue weighted by Gasteiger charge is -2.20. The Kier molecular flexibility index (Phi) is 10.9. The molecule has 0 amide bonds. The van der Waals surface area contributed by atoms with Crippen LogP contribution in [0.3, 0.4) is 0 Å². The highest BCUT2D eigenvalue weighted by atomic mass is 16.5. The standard InChI is InChI=1S/C13H29NO3/c1-13(2,3)14-7-4-9-16-11-6-12-17-10-5-8-15/h14-15H,4-12H2,1-3H3. The summed E-state index contributed by atoms with van der Waals surface area (Å²) in [4.78, 5) is 0. The van der Waals surface area contributed by atoms with Gasteiger partial charge in [0.2, 0.25) is 0 Å². The summed E-state index contributed by atoms with van der Waals surface area (Å²) in [5.41, 5.74) is 0.195. The lowest BCUT2D eigenvalue weighted by Crippen LogP contribution is -2.36. The number of ether oxygens (including phenoxy) is 2. The molecular formula is C13H29NO3. The van der Waals surface area contributed by atoms with Gasteiger partial charge in [0.1, 0.15) is 0 Å². The highest BCUT2D eigenvalue weighted by molar-refractivity contribution is 4.69.